The normalized spacial score (nSPS) is 26.4. The maximum atomic E-state index is 12.0. The van der Waals surface area contributed by atoms with Gasteiger partial charge in [0.1, 0.15) is 5.54 Å². The lowest BCUT2D eigenvalue weighted by atomic mass is 9.75. The van der Waals surface area contributed by atoms with E-state index in [1.54, 1.807) is 0 Å². The van der Waals surface area contributed by atoms with Gasteiger partial charge in [0, 0.05) is 18.5 Å². The predicted octanol–water partition coefficient (Wildman–Crippen LogP) is 2.30. The molecule has 0 saturated heterocycles. The lowest BCUT2D eigenvalue weighted by Gasteiger charge is -2.37. The van der Waals surface area contributed by atoms with E-state index in [0.717, 1.165) is 19.3 Å². The second-order valence-electron chi connectivity index (χ2n) is 7.21. The van der Waals surface area contributed by atoms with Crippen LogP contribution < -0.4 is 10.6 Å². The van der Waals surface area contributed by atoms with Crippen LogP contribution in [-0.4, -0.2) is 34.6 Å². The zero-order chi connectivity index (χ0) is 16.1. The summed E-state index contributed by atoms with van der Waals surface area (Å²) in [7, 11) is 0. The number of amides is 1. The van der Waals surface area contributed by atoms with Gasteiger partial charge in [-0.2, -0.15) is 0 Å². The molecule has 1 fully saturated rings. The molecule has 0 aromatic heterocycles. The van der Waals surface area contributed by atoms with Crippen LogP contribution in [0.2, 0.25) is 0 Å². The molecule has 0 unspecified atom stereocenters. The minimum Gasteiger partial charge on any atom is -0.480 e. The van der Waals surface area contributed by atoms with Crippen molar-refractivity contribution in [2.45, 2.75) is 77.3 Å². The quantitative estimate of drug-likeness (QED) is 0.703. The van der Waals surface area contributed by atoms with E-state index < -0.39 is 11.5 Å². The summed E-state index contributed by atoms with van der Waals surface area (Å²) in [4.78, 5) is 23.7. The van der Waals surface area contributed by atoms with Crippen LogP contribution >= 0.6 is 0 Å². The van der Waals surface area contributed by atoms with Crippen LogP contribution in [0.25, 0.3) is 0 Å². The van der Waals surface area contributed by atoms with Gasteiger partial charge in [-0.15, -0.1) is 0 Å². The van der Waals surface area contributed by atoms with Crippen LogP contribution in [0.5, 0.6) is 0 Å². The molecule has 122 valence electrons. The molecule has 3 N–H and O–H groups in total. The van der Waals surface area contributed by atoms with Crippen molar-refractivity contribution in [2.75, 3.05) is 6.54 Å². The molecule has 0 spiro atoms. The Hall–Kier alpha value is -1.10. The van der Waals surface area contributed by atoms with Crippen molar-refractivity contribution >= 4 is 11.9 Å². The Morgan fingerprint density at radius 3 is 2.24 bits per heavy atom. The van der Waals surface area contributed by atoms with E-state index in [-0.39, 0.29) is 11.4 Å². The molecule has 0 atom stereocenters. The summed E-state index contributed by atoms with van der Waals surface area (Å²) in [6, 6.07) is 0. The number of hydrogen-bond acceptors (Lipinski definition) is 3. The minimum absolute atomic E-state index is 0.0377. The topological polar surface area (TPSA) is 78.4 Å². The number of hydrogen-bond donors (Lipinski definition) is 3. The molecule has 5 heteroatoms. The average molecular weight is 298 g/mol. The van der Waals surface area contributed by atoms with Crippen molar-refractivity contribution in [3.05, 3.63) is 0 Å². The minimum atomic E-state index is -1.05. The van der Waals surface area contributed by atoms with Gasteiger partial charge in [-0.25, -0.2) is 4.79 Å². The Balaban J connectivity index is 2.51. The molecule has 1 rings (SSSR count). The first-order chi connectivity index (χ1) is 9.68. The maximum absolute atomic E-state index is 12.0. The van der Waals surface area contributed by atoms with Gasteiger partial charge in [0.25, 0.3) is 0 Å². The number of aliphatic carboxylic acids is 1. The summed E-state index contributed by atoms with van der Waals surface area (Å²) in [5, 5.41) is 15.5. The van der Waals surface area contributed by atoms with Gasteiger partial charge in [-0.3, -0.25) is 4.79 Å². The first-order valence-corrected chi connectivity index (χ1v) is 7.98. The van der Waals surface area contributed by atoms with Crippen LogP contribution in [0.15, 0.2) is 0 Å². The Kier molecular flexibility index (Phi) is 6.20. The second-order valence-corrected chi connectivity index (χ2v) is 7.21. The number of nitrogens with one attached hydrogen (secondary N) is 2. The van der Waals surface area contributed by atoms with Crippen molar-refractivity contribution in [1.29, 1.82) is 0 Å². The van der Waals surface area contributed by atoms with Gasteiger partial charge in [-0.1, -0.05) is 13.3 Å². The summed E-state index contributed by atoms with van der Waals surface area (Å²) < 4.78 is 0. The van der Waals surface area contributed by atoms with E-state index in [0.29, 0.717) is 31.7 Å². The van der Waals surface area contributed by atoms with Crippen molar-refractivity contribution in [3.8, 4) is 0 Å². The van der Waals surface area contributed by atoms with Crippen molar-refractivity contribution in [1.82, 2.24) is 10.6 Å². The van der Waals surface area contributed by atoms with Crippen LogP contribution in [0.3, 0.4) is 0 Å². The van der Waals surface area contributed by atoms with Gasteiger partial charge in [-0.05, 0) is 52.4 Å². The fraction of sp³-hybridized carbons (Fsp3) is 0.875. The number of carboxylic acid groups (broad SMARTS) is 1. The summed E-state index contributed by atoms with van der Waals surface area (Å²) in [6.07, 6.45) is 4.23. The molecule has 5 nitrogen and oxygen atoms in total. The third-order valence-electron chi connectivity index (χ3n) is 4.33. The Labute approximate surface area is 127 Å². The van der Waals surface area contributed by atoms with E-state index in [4.69, 9.17) is 0 Å². The van der Waals surface area contributed by atoms with Crippen LogP contribution in [-0.2, 0) is 9.59 Å². The highest BCUT2D eigenvalue weighted by Crippen LogP contribution is 2.34. The highest BCUT2D eigenvalue weighted by atomic mass is 16.4. The zero-order valence-electron chi connectivity index (χ0n) is 13.8. The van der Waals surface area contributed by atoms with Gasteiger partial charge in [0.05, 0.1) is 0 Å². The molecular formula is C16H30N2O3. The van der Waals surface area contributed by atoms with Crippen LogP contribution in [0.4, 0.5) is 0 Å². The lowest BCUT2D eigenvalue weighted by molar-refractivity contribution is -0.149. The molecule has 1 amide bonds. The molecule has 0 aromatic carbocycles. The Morgan fingerprint density at radius 1 is 1.24 bits per heavy atom. The van der Waals surface area contributed by atoms with Gasteiger partial charge >= 0.3 is 5.97 Å². The molecule has 1 aliphatic rings. The van der Waals surface area contributed by atoms with Crippen molar-refractivity contribution in [2.24, 2.45) is 5.92 Å². The highest BCUT2D eigenvalue weighted by Gasteiger charge is 2.42. The first kappa shape index (κ1) is 18.0. The summed E-state index contributed by atoms with van der Waals surface area (Å²) in [5.41, 5.74) is -1.09. The molecule has 0 aliphatic heterocycles. The molecule has 0 bridgehead atoms. The van der Waals surface area contributed by atoms with Gasteiger partial charge < -0.3 is 15.7 Å². The molecule has 0 radical (unpaired) electrons. The number of rotatable bonds is 6. The standard InChI is InChI=1S/C16H30N2O3/c1-5-12-6-9-16(10-7-12,14(20)21)18-13(19)8-11-17-15(2,3)4/h12,17H,5-11H2,1-4H3,(H,18,19)(H,20,21). The smallest absolute Gasteiger partial charge is 0.329 e. The highest BCUT2D eigenvalue weighted by molar-refractivity contribution is 5.87. The fourth-order valence-electron chi connectivity index (χ4n) is 2.85. The van der Waals surface area contributed by atoms with E-state index in [1.807, 2.05) is 20.8 Å². The molecule has 0 aromatic rings. The summed E-state index contributed by atoms with van der Waals surface area (Å²) >= 11 is 0. The zero-order valence-corrected chi connectivity index (χ0v) is 13.8. The number of carboxylic acids is 1. The number of carbonyl (C=O) groups excluding carboxylic acids is 1. The lowest BCUT2D eigenvalue weighted by Crippen LogP contribution is -2.56. The van der Waals surface area contributed by atoms with E-state index in [9.17, 15) is 14.7 Å². The average Bonchev–Trinajstić information content (AvgIpc) is 2.37. The van der Waals surface area contributed by atoms with E-state index in [1.165, 1.54) is 0 Å². The second kappa shape index (κ2) is 7.25. The molecule has 1 saturated carbocycles. The van der Waals surface area contributed by atoms with Crippen LogP contribution in [0, 0.1) is 5.92 Å². The first-order valence-electron chi connectivity index (χ1n) is 7.98. The Morgan fingerprint density at radius 2 is 1.81 bits per heavy atom. The third kappa shape index (κ3) is 5.65. The SMILES string of the molecule is CCC1CCC(NC(=O)CCNC(C)(C)C)(C(=O)O)CC1. The summed E-state index contributed by atoms with van der Waals surface area (Å²) in [5.74, 6) is -0.477. The molecule has 21 heavy (non-hydrogen) atoms. The van der Waals surface area contributed by atoms with E-state index in [2.05, 4.69) is 17.6 Å². The van der Waals surface area contributed by atoms with Gasteiger partial charge in [0.15, 0.2) is 0 Å². The monoisotopic (exact) mass is 298 g/mol. The Bertz CT molecular complexity index is 366. The van der Waals surface area contributed by atoms with E-state index >= 15 is 0 Å². The number of carbonyl (C=O) groups is 2. The summed E-state index contributed by atoms with van der Waals surface area (Å²) in [6.45, 7) is 8.80. The molecule has 1 aliphatic carbocycles. The molecular weight excluding hydrogens is 268 g/mol. The largest absolute Gasteiger partial charge is 0.480 e. The van der Waals surface area contributed by atoms with Gasteiger partial charge in [0.2, 0.25) is 5.91 Å². The maximum Gasteiger partial charge on any atom is 0.329 e. The van der Waals surface area contributed by atoms with Crippen molar-refractivity contribution in [3.63, 3.8) is 0 Å². The fourth-order valence-corrected chi connectivity index (χ4v) is 2.85. The van der Waals surface area contributed by atoms with Crippen molar-refractivity contribution < 1.29 is 14.7 Å². The molecule has 0 heterocycles. The van der Waals surface area contributed by atoms with Crippen LogP contribution in [0.1, 0.15) is 66.2 Å². The third-order valence-corrected chi connectivity index (χ3v) is 4.33. The predicted molar refractivity (Wildman–Crippen MR) is 83.1 cm³/mol.